The standard InChI is InChI=1S/C15H15O7PS/c16-10-4-1-9(2-5-10)3-6-12(17)15-13(18)7-11(8-14(15)19)24-23(20,21)22/h1-2,4-5,7-8,16,18-19H,3,6H2,(H2,20,21,22). The molecule has 0 bridgehead atoms. The molecule has 128 valence electrons. The van der Waals surface area contributed by atoms with Crippen LogP contribution in [0.4, 0.5) is 0 Å². The lowest BCUT2D eigenvalue weighted by Crippen LogP contribution is -2.02. The highest BCUT2D eigenvalue weighted by atomic mass is 32.7. The van der Waals surface area contributed by atoms with Gasteiger partial charge in [-0.15, -0.1) is 0 Å². The summed E-state index contributed by atoms with van der Waals surface area (Å²) in [6.45, 7) is -4.43. The predicted octanol–water partition coefficient (Wildman–Crippen LogP) is 2.80. The van der Waals surface area contributed by atoms with E-state index in [0.29, 0.717) is 6.42 Å². The van der Waals surface area contributed by atoms with Crippen molar-refractivity contribution in [3.63, 3.8) is 0 Å². The summed E-state index contributed by atoms with van der Waals surface area (Å²) < 4.78 is 10.9. The van der Waals surface area contributed by atoms with Crippen LogP contribution in [-0.4, -0.2) is 30.9 Å². The van der Waals surface area contributed by atoms with E-state index in [0.717, 1.165) is 17.7 Å². The van der Waals surface area contributed by atoms with Crippen LogP contribution < -0.4 is 0 Å². The lowest BCUT2D eigenvalue weighted by Gasteiger charge is -2.10. The molecule has 0 fully saturated rings. The highest BCUT2D eigenvalue weighted by molar-refractivity contribution is 8.54. The number of carbonyl (C=O) groups is 1. The molecule has 2 rings (SSSR count). The number of phenolic OH excluding ortho intramolecular Hbond substituents is 3. The van der Waals surface area contributed by atoms with Crippen molar-refractivity contribution in [3.05, 3.63) is 47.5 Å². The Balaban J connectivity index is 2.14. The molecule has 0 saturated heterocycles. The van der Waals surface area contributed by atoms with E-state index in [1.165, 1.54) is 12.1 Å². The van der Waals surface area contributed by atoms with E-state index in [-0.39, 0.29) is 34.0 Å². The minimum Gasteiger partial charge on any atom is -0.508 e. The number of Topliss-reactive ketones (excluding diaryl/α,β-unsaturated/α-hetero) is 1. The fourth-order valence-corrected chi connectivity index (χ4v) is 3.85. The molecule has 0 atom stereocenters. The van der Waals surface area contributed by atoms with Crippen LogP contribution >= 0.6 is 18.2 Å². The molecule has 2 aromatic carbocycles. The van der Waals surface area contributed by atoms with Gasteiger partial charge < -0.3 is 25.1 Å². The van der Waals surface area contributed by atoms with E-state index in [9.17, 15) is 24.7 Å². The van der Waals surface area contributed by atoms with Crippen molar-refractivity contribution in [2.45, 2.75) is 17.7 Å². The SMILES string of the molecule is O=C(CCc1ccc(O)cc1)c1c(O)cc(SP(=O)(O)O)cc1O. The Morgan fingerprint density at radius 2 is 1.54 bits per heavy atom. The molecule has 0 spiro atoms. The largest absolute Gasteiger partial charge is 0.508 e. The zero-order valence-corrected chi connectivity index (χ0v) is 14.0. The molecule has 0 aromatic heterocycles. The second kappa shape index (κ2) is 7.27. The maximum Gasteiger partial charge on any atom is 0.388 e. The zero-order valence-electron chi connectivity index (χ0n) is 12.3. The van der Waals surface area contributed by atoms with Crippen LogP contribution in [0.3, 0.4) is 0 Å². The third-order valence-electron chi connectivity index (χ3n) is 3.15. The smallest absolute Gasteiger partial charge is 0.388 e. The van der Waals surface area contributed by atoms with Crippen molar-refractivity contribution in [2.75, 3.05) is 0 Å². The molecule has 7 nitrogen and oxygen atoms in total. The van der Waals surface area contributed by atoms with Gasteiger partial charge in [-0.1, -0.05) is 12.1 Å². The summed E-state index contributed by atoms with van der Waals surface area (Å²) in [5.74, 6) is -1.48. The third-order valence-corrected chi connectivity index (χ3v) is 5.18. The van der Waals surface area contributed by atoms with Gasteiger partial charge in [-0.2, -0.15) is 0 Å². The van der Waals surface area contributed by atoms with E-state index in [4.69, 9.17) is 9.79 Å². The highest BCUT2D eigenvalue weighted by Crippen LogP contribution is 2.55. The Kier molecular flexibility index (Phi) is 5.56. The molecule has 0 heterocycles. The number of carbonyl (C=O) groups excluding carboxylic acids is 1. The lowest BCUT2D eigenvalue weighted by atomic mass is 10.0. The maximum absolute atomic E-state index is 12.2. The van der Waals surface area contributed by atoms with Crippen molar-refractivity contribution >= 4 is 24.0 Å². The zero-order chi connectivity index (χ0) is 17.9. The van der Waals surface area contributed by atoms with Gasteiger partial charge in [0.25, 0.3) is 0 Å². The van der Waals surface area contributed by atoms with Crippen molar-refractivity contribution < 1.29 is 34.5 Å². The first-order chi connectivity index (χ1) is 11.2. The number of phenols is 3. The Morgan fingerprint density at radius 1 is 1.00 bits per heavy atom. The number of benzene rings is 2. The number of aryl methyl sites for hydroxylation is 1. The van der Waals surface area contributed by atoms with Crippen molar-refractivity contribution in [3.8, 4) is 17.2 Å². The first-order valence-electron chi connectivity index (χ1n) is 6.78. The van der Waals surface area contributed by atoms with E-state index >= 15 is 0 Å². The first kappa shape index (κ1) is 18.4. The fourth-order valence-electron chi connectivity index (χ4n) is 2.11. The quantitative estimate of drug-likeness (QED) is 0.387. The summed E-state index contributed by atoms with van der Waals surface area (Å²) in [6, 6.07) is 8.34. The molecule has 0 amide bonds. The first-order valence-corrected chi connectivity index (χ1v) is 9.81. The van der Waals surface area contributed by atoms with Crippen molar-refractivity contribution in [2.24, 2.45) is 0 Å². The molecule has 0 aliphatic carbocycles. The Labute approximate surface area is 141 Å². The van der Waals surface area contributed by atoms with Gasteiger partial charge >= 0.3 is 6.80 Å². The summed E-state index contributed by atoms with van der Waals surface area (Å²) >= 11 is 0.173. The number of aromatic hydroxyl groups is 3. The normalized spacial score (nSPS) is 11.4. The minimum absolute atomic E-state index is 0.0108. The highest BCUT2D eigenvalue weighted by Gasteiger charge is 2.21. The van der Waals surface area contributed by atoms with Crippen LogP contribution in [0.2, 0.25) is 0 Å². The fraction of sp³-hybridized carbons (Fsp3) is 0.133. The summed E-state index contributed by atoms with van der Waals surface area (Å²) in [5, 5.41) is 29.0. The molecule has 0 saturated carbocycles. The van der Waals surface area contributed by atoms with Crippen LogP contribution in [0.5, 0.6) is 17.2 Å². The van der Waals surface area contributed by atoms with Crippen molar-refractivity contribution in [1.82, 2.24) is 0 Å². The summed E-state index contributed by atoms with van der Waals surface area (Å²) in [4.78, 5) is 29.9. The Hall–Kier alpha value is -1.99. The number of ketones is 1. The van der Waals surface area contributed by atoms with Crippen LogP contribution in [0, 0.1) is 0 Å². The molecule has 0 aliphatic rings. The van der Waals surface area contributed by atoms with Crippen LogP contribution in [0.15, 0.2) is 41.3 Å². The van der Waals surface area contributed by atoms with E-state index in [2.05, 4.69) is 0 Å². The number of hydrogen-bond acceptors (Lipinski definition) is 6. The van der Waals surface area contributed by atoms with Gasteiger partial charge in [-0.05, 0) is 47.6 Å². The molecule has 0 radical (unpaired) electrons. The average Bonchev–Trinajstić information content (AvgIpc) is 2.44. The van der Waals surface area contributed by atoms with Gasteiger partial charge in [0, 0.05) is 11.3 Å². The average molecular weight is 370 g/mol. The van der Waals surface area contributed by atoms with E-state index in [1.807, 2.05) is 0 Å². The Morgan fingerprint density at radius 3 is 2.04 bits per heavy atom. The molecule has 0 aliphatic heterocycles. The molecule has 0 unspecified atom stereocenters. The predicted molar refractivity (Wildman–Crippen MR) is 88.4 cm³/mol. The van der Waals surface area contributed by atoms with Gasteiger partial charge in [0.1, 0.15) is 22.8 Å². The molecule has 2 aromatic rings. The minimum atomic E-state index is -4.43. The monoisotopic (exact) mass is 370 g/mol. The van der Waals surface area contributed by atoms with Crippen molar-refractivity contribution in [1.29, 1.82) is 0 Å². The van der Waals surface area contributed by atoms with Gasteiger partial charge in [-0.3, -0.25) is 4.79 Å². The lowest BCUT2D eigenvalue weighted by molar-refractivity contribution is 0.0977. The molecule has 9 heteroatoms. The maximum atomic E-state index is 12.2. The van der Waals surface area contributed by atoms with E-state index < -0.39 is 24.1 Å². The molecular formula is C15H15O7PS. The van der Waals surface area contributed by atoms with Gasteiger partial charge in [-0.25, -0.2) is 4.57 Å². The number of hydrogen-bond donors (Lipinski definition) is 5. The third kappa shape index (κ3) is 5.01. The molecule has 24 heavy (non-hydrogen) atoms. The van der Waals surface area contributed by atoms with Gasteiger partial charge in [0.15, 0.2) is 5.78 Å². The van der Waals surface area contributed by atoms with Gasteiger partial charge in [0.05, 0.1) is 0 Å². The topological polar surface area (TPSA) is 135 Å². The van der Waals surface area contributed by atoms with E-state index in [1.54, 1.807) is 12.1 Å². The number of rotatable bonds is 6. The van der Waals surface area contributed by atoms with Crippen LogP contribution in [-0.2, 0) is 11.0 Å². The van der Waals surface area contributed by atoms with Crippen LogP contribution in [0.1, 0.15) is 22.3 Å². The Bertz CT molecular complexity index is 775. The summed E-state index contributed by atoms with van der Waals surface area (Å²) in [6.07, 6.45) is 0.355. The van der Waals surface area contributed by atoms with Gasteiger partial charge in [0.2, 0.25) is 0 Å². The summed E-state index contributed by atoms with van der Waals surface area (Å²) in [7, 11) is 0. The second-order valence-electron chi connectivity index (χ2n) is 5.01. The molecule has 5 N–H and O–H groups in total. The summed E-state index contributed by atoms with van der Waals surface area (Å²) in [5.41, 5.74) is 0.512. The molecular weight excluding hydrogens is 355 g/mol. The van der Waals surface area contributed by atoms with Crippen LogP contribution in [0.25, 0.3) is 0 Å². The second-order valence-corrected chi connectivity index (χ2v) is 8.62.